The predicted octanol–water partition coefficient (Wildman–Crippen LogP) is 4.48. The van der Waals surface area contributed by atoms with Crippen LogP contribution in [-0.2, 0) is 6.54 Å². The van der Waals surface area contributed by atoms with Crippen molar-refractivity contribution in [3.8, 4) is 17.1 Å². The minimum absolute atomic E-state index is 0.186. The van der Waals surface area contributed by atoms with Crippen LogP contribution in [0.25, 0.3) is 21.5 Å². The summed E-state index contributed by atoms with van der Waals surface area (Å²) in [5.41, 5.74) is 1.79. The Balaban J connectivity index is 1.10. The Morgan fingerprint density at radius 1 is 1.19 bits per heavy atom. The van der Waals surface area contributed by atoms with Crippen LogP contribution >= 0.6 is 11.3 Å². The fraction of sp³-hybridized carbons (Fsp3) is 0.385. The van der Waals surface area contributed by atoms with Crippen LogP contribution in [0.2, 0.25) is 0 Å². The molecule has 1 saturated heterocycles. The first kappa shape index (κ1) is 24.8. The molecule has 0 saturated carbocycles. The lowest BCUT2D eigenvalue weighted by atomic mass is 10.1. The number of fused-ring (bicyclic) bond motifs is 1. The van der Waals surface area contributed by atoms with Crippen LogP contribution in [0.3, 0.4) is 0 Å². The minimum atomic E-state index is -0.680. The van der Waals surface area contributed by atoms with Gasteiger partial charge in [-0.2, -0.15) is 0 Å². The van der Waals surface area contributed by atoms with Crippen molar-refractivity contribution in [3.63, 3.8) is 0 Å². The van der Waals surface area contributed by atoms with Gasteiger partial charge in [0.2, 0.25) is 0 Å². The third kappa shape index (κ3) is 5.73. The highest BCUT2D eigenvalue weighted by Gasteiger charge is 2.26. The van der Waals surface area contributed by atoms with Gasteiger partial charge in [-0.3, -0.25) is 9.80 Å². The molecule has 2 aromatic heterocycles. The van der Waals surface area contributed by atoms with Gasteiger partial charge in [-0.05, 0) is 38.1 Å². The van der Waals surface area contributed by atoms with E-state index in [9.17, 15) is 13.9 Å². The van der Waals surface area contributed by atoms with Crippen LogP contribution in [0, 0.1) is 18.6 Å². The number of rotatable bonds is 8. The molecule has 4 aromatic rings. The van der Waals surface area contributed by atoms with Gasteiger partial charge >= 0.3 is 0 Å². The molecule has 36 heavy (non-hydrogen) atoms. The lowest BCUT2D eigenvalue weighted by Gasteiger charge is -2.40. The molecule has 1 aliphatic rings. The Kier molecular flexibility index (Phi) is 7.29. The summed E-state index contributed by atoms with van der Waals surface area (Å²) in [6.45, 7) is 7.78. The standard InChI is InChI=1S/C26H28F2N4O3S/c1-16-12-31(14-20(33)15-34-21-4-6-26-24(11-21)29-17(2)36-26)7-8-32(16)13-19-10-25(35-30-19)22-5-3-18(27)9-23(22)28/h3-6,9-11,16,20,33H,7-8,12-15H2,1-2H3/t16-,20-/m0/s1. The van der Waals surface area contributed by atoms with Gasteiger partial charge < -0.3 is 14.4 Å². The molecule has 0 spiro atoms. The number of β-amino-alcohol motifs (C(OH)–C–C–N with tert-alkyl or cyclic N) is 1. The Bertz CT molecular complexity index is 1340. The Morgan fingerprint density at radius 3 is 2.86 bits per heavy atom. The van der Waals surface area contributed by atoms with Crippen molar-refractivity contribution in [1.82, 2.24) is 19.9 Å². The second-order valence-electron chi connectivity index (χ2n) is 9.21. The summed E-state index contributed by atoms with van der Waals surface area (Å²) >= 11 is 1.65. The largest absolute Gasteiger partial charge is 0.491 e. The second kappa shape index (κ2) is 10.6. The zero-order chi connectivity index (χ0) is 25.2. The number of thiazole rings is 1. The van der Waals surface area contributed by atoms with Gasteiger partial charge in [0.15, 0.2) is 5.76 Å². The maximum Gasteiger partial charge on any atom is 0.170 e. The van der Waals surface area contributed by atoms with E-state index in [1.165, 1.54) is 12.1 Å². The first-order valence-corrected chi connectivity index (χ1v) is 12.7. The number of nitrogens with zero attached hydrogens (tertiary/aromatic N) is 4. The van der Waals surface area contributed by atoms with Crippen molar-refractivity contribution in [2.24, 2.45) is 0 Å². The molecule has 0 aliphatic carbocycles. The smallest absolute Gasteiger partial charge is 0.170 e. The summed E-state index contributed by atoms with van der Waals surface area (Å²) in [4.78, 5) is 8.98. The Morgan fingerprint density at radius 2 is 2.06 bits per heavy atom. The van der Waals surface area contributed by atoms with Crippen molar-refractivity contribution in [1.29, 1.82) is 0 Å². The van der Waals surface area contributed by atoms with Crippen molar-refractivity contribution in [3.05, 3.63) is 64.8 Å². The summed E-state index contributed by atoms with van der Waals surface area (Å²) in [6.07, 6.45) is -0.611. The zero-order valence-electron chi connectivity index (χ0n) is 20.2. The average Bonchev–Trinajstić information content (AvgIpc) is 3.44. The van der Waals surface area contributed by atoms with Gasteiger partial charge in [0, 0.05) is 57.0 Å². The number of aliphatic hydroxyl groups excluding tert-OH is 1. The summed E-state index contributed by atoms with van der Waals surface area (Å²) in [5.74, 6) is -0.328. The normalized spacial score (nSPS) is 18.1. The maximum atomic E-state index is 14.1. The Labute approximate surface area is 211 Å². The first-order valence-electron chi connectivity index (χ1n) is 11.9. The maximum absolute atomic E-state index is 14.1. The molecule has 0 bridgehead atoms. The predicted molar refractivity (Wildman–Crippen MR) is 134 cm³/mol. The van der Waals surface area contributed by atoms with Gasteiger partial charge in [0.05, 0.1) is 26.5 Å². The third-order valence-corrected chi connectivity index (χ3v) is 7.30. The number of ether oxygens (including phenoxy) is 1. The topological polar surface area (TPSA) is 74.9 Å². The Hall–Kier alpha value is -2.92. The number of aromatic nitrogens is 2. The van der Waals surface area contributed by atoms with Crippen LogP contribution in [0.1, 0.15) is 17.6 Å². The molecular weight excluding hydrogens is 486 g/mol. The van der Waals surface area contributed by atoms with E-state index in [-0.39, 0.29) is 24.0 Å². The van der Waals surface area contributed by atoms with Crippen LogP contribution < -0.4 is 4.74 Å². The first-order chi connectivity index (χ1) is 17.3. The highest BCUT2D eigenvalue weighted by atomic mass is 32.1. The molecule has 0 unspecified atom stereocenters. The van der Waals surface area contributed by atoms with Gasteiger partial charge in [0.1, 0.15) is 30.1 Å². The molecular formula is C26H28F2N4O3S. The van der Waals surface area contributed by atoms with Crippen molar-refractivity contribution >= 4 is 21.6 Å². The fourth-order valence-electron chi connectivity index (χ4n) is 4.54. The molecule has 1 fully saturated rings. The van der Waals surface area contributed by atoms with E-state index in [0.29, 0.717) is 24.5 Å². The molecule has 0 amide bonds. The number of hydrogen-bond acceptors (Lipinski definition) is 8. The number of piperazine rings is 1. The second-order valence-corrected chi connectivity index (χ2v) is 10.4. The van der Waals surface area contributed by atoms with Crippen molar-refractivity contribution in [2.45, 2.75) is 32.5 Å². The van der Waals surface area contributed by atoms with Crippen molar-refractivity contribution < 1.29 is 23.1 Å². The average molecular weight is 515 g/mol. The monoisotopic (exact) mass is 514 g/mol. The minimum Gasteiger partial charge on any atom is -0.491 e. The molecule has 1 N–H and O–H groups in total. The summed E-state index contributed by atoms with van der Waals surface area (Å²) in [7, 11) is 0. The van der Waals surface area contributed by atoms with Crippen LogP contribution in [0.15, 0.2) is 47.0 Å². The van der Waals surface area contributed by atoms with E-state index < -0.39 is 17.7 Å². The number of aryl methyl sites for hydroxylation is 1. The van der Waals surface area contributed by atoms with E-state index in [2.05, 4.69) is 26.9 Å². The van der Waals surface area contributed by atoms with Gasteiger partial charge in [0.25, 0.3) is 0 Å². The molecule has 1 aliphatic heterocycles. The van der Waals surface area contributed by atoms with Crippen LogP contribution in [-0.4, -0.2) is 70.0 Å². The molecule has 7 nitrogen and oxygen atoms in total. The molecule has 0 radical (unpaired) electrons. The van der Waals surface area contributed by atoms with E-state index in [1.54, 1.807) is 17.4 Å². The summed E-state index contributed by atoms with van der Waals surface area (Å²) < 4.78 is 39.5. The number of halogens is 2. The van der Waals surface area contributed by atoms with Gasteiger partial charge in [-0.15, -0.1) is 11.3 Å². The van der Waals surface area contributed by atoms with E-state index in [0.717, 1.165) is 40.9 Å². The molecule has 2 aromatic carbocycles. The molecule has 5 rings (SSSR count). The number of benzene rings is 2. The van der Waals surface area contributed by atoms with E-state index >= 15 is 0 Å². The van der Waals surface area contributed by atoms with E-state index in [1.807, 2.05) is 25.1 Å². The molecule has 190 valence electrons. The quantitative estimate of drug-likeness (QED) is 0.372. The van der Waals surface area contributed by atoms with Gasteiger partial charge in [-0.25, -0.2) is 13.8 Å². The van der Waals surface area contributed by atoms with Gasteiger partial charge in [-0.1, -0.05) is 5.16 Å². The van der Waals surface area contributed by atoms with Crippen LogP contribution in [0.5, 0.6) is 5.75 Å². The summed E-state index contributed by atoms with van der Waals surface area (Å²) in [6, 6.07) is 11.1. The lowest BCUT2D eigenvalue weighted by molar-refractivity contribution is 0.0250. The van der Waals surface area contributed by atoms with Crippen molar-refractivity contribution in [2.75, 3.05) is 32.8 Å². The number of hydrogen-bond donors (Lipinski definition) is 1. The highest BCUT2D eigenvalue weighted by Crippen LogP contribution is 2.27. The highest BCUT2D eigenvalue weighted by molar-refractivity contribution is 7.18. The van der Waals surface area contributed by atoms with Crippen LogP contribution in [0.4, 0.5) is 8.78 Å². The lowest BCUT2D eigenvalue weighted by Crippen LogP contribution is -2.53. The van der Waals surface area contributed by atoms with E-state index in [4.69, 9.17) is 9.26 Å². The third-order valence-electron chi connectivity index (χ3n) is 6.35. The number of aliphatic hydroxyl groups is 1. The molecule has 2 atom stereocenters. The summed E-state index contributed by atoms with van der Waals surface area (Å²) in [5, 5.41) is 15.6. The zero-order valence-corrected chi connectivity index (χ0v) is 21.0. The molecule has 3 heterocycles. The SMILES string of the molecule is Cc1nc2cc(OC[C@@H](O)CN3CCN(Cc4cc(-c5ccc(F)cc5F)on4)[C@@H](C)C3)ccc2s1. The fourth-order valence-corrected chi connectivity index (χ4v) is 5.34. The molecule has 10 heteroatoms.